The van der Waals surface area contributed by atoms with Gasteiger partial charge in [0.05, 0.1) is 0 Å². The van der Waals surface area contributed by atoms with E-state index >= 15 is 0 Å². The minimum atomic E-state index is -0.254. The standard InChI is InChI=1S/C23H26O3/c1-22(2,3)17-12-15(13-18(21(17)25)23(4,5)6)20-9-7-14-11-16(24)8-10-19(14)26-20/h7-13,24H,1-6H3. The number of fused-ring (bicyclic) bond motifs is 1. The first-order valence-corrected chi connectivity index (χ1v) is 8.89. The molecule has 3 heteroatoms. The number of hydrogen-bond acceptors (Lipinski definition) is 3. The lowest BCUT2D eigenvalue weighted by molar-refractivity contribution is -0.114. The van der Waals surface area contributed by atoms with Gasteiger partial charge in [-0.1, -0.05) is 41.5 Å². The minimum Gasteiger partial charge on any atom is -0.508 e. The van der Waals surface area contributed by atoms with Crippen LogP contribution in [0.15, 0.2) is 58.9 Å². The van der Waals surface area contributed by atoms with Gasteiger partial charge in [-0.15, -0.1) is 0 Å². The van der Waals surface area contributed by atoms with E-state index in [4.69, 9.17) is 4.74 Å². The van der Waals surface area contributed by atoms with Gasteiger partial charge >= 0.3 is 0 Å². The number of aromatic hydroxyl groups is 1. The van der Waals surface area contributed by atoms with E-state index in [9.17, 15) is 9.90 Å². The third-order valence-corrected chi connectivity index (χ3v) is 4.62. The molecule has 1 aliphatic heterocycles. The Morgan fingerprint density at radius 1 is 0.885 bits per heavy atom. The maximum atomic E-state index is 13.0. The van der Waals surface area contributed by atoms with Crippen LogP contribution in [0.3, 0.4) is 0 Å². The van der Waals surface area contributed by atoms with Gasteiger partial charge < -0.3 is 9.84 Å². The first-order chi connectivity index (χ1) is 12.0. The van der Waals surface area contributed by atoms with E-state index in [1.165, 1.54) is 0 Å². The molecule has 0 saturated carbocycles. The Hall–Kier alpha value is -2.55. The van der Waals surface area contributed by atoms with Crippen LogP contribution in [0.25, 0.3) is 6.08 Å². The highest BCUT2D eigenvalue weighted by Gasteiger charge is 2.34. The predicted molar refractivity (Wildman–Crippen MR) is 105 cm³/mol. The molecule has 0 amide bonds. The molecule has 0 atom stereocenters. The summed E-state index contributed by atoms with van der Waals surface area (Å²) < 4.78 is 6.06. The number of benzene rings is 1. The third-order valence-electron chi connectivity index (χ3n) is 4.62. The summed E-state index contributed by atoms with van der Waals surface area (Å²) >= 11 is 0. The lowest BCUT2D eigenvalue weighted by Crippen LogP contribution is -2.28. The zero-order valence-electron chi connectivity index (χ0n) is 16.3. The molecule has 136 valence electrons. The number of carbonyl (C=O) groups excluding carboxylic acids is 1. The van der Waals surface area contributed by atoms with Gasteiger partial charge in [0.2, 0.25) is 0 Å². The molecule has 0 unspecified atom stereocenters. The largest absolute Gasteiger partial charge is 0.508 e. The van der Waals surface area contributed by atoms with E-state index in [0.29, 0.717) is 11.5 Å². The first-order valence-electron chi connectivity index (χ1n) is 8.89. The van der Waals surface area contributed by atoms with Crippen LogP contribution in [0.5, 0.6) is 11.5 Å². The number of rotatable bonds is 0. The van der Waals surface area contributed by atoms with Gasteiger partial charge in [0.15, 0.2) is 5.78 Å². The molecule has 1 aromatic rings. The van der Waals surface area contributed by atoms with E-state index in [-0.39, 0.29) is 22.4 Å². The number of carbonyl (C=O) groups is 1. The number of ketones is 1. The van der Waals surface area contributed by atoms with Gasteiger partial charge in [-0.2, -0.15) is 0 Å². The summed E-state index contributed by atoms with van der Waals surface area (Å²) in [6.07, 6.45) is 7.71. The molecule has 2 aliphatic rings. The number of phenolic OH excluding ortho intramolecular Hbond substituents is 1. The molecule has 26 heavy (non-hydrogen) atoms. The van der Waals surface area contributed by atoms with Crippen molar-refractivity contribution < 1.29 is 14.6 Å². The van der Waals surface area contributed by atoms with Crippen molar-refractivity contribution in [1.82, 2.24) is 0 Å². The van der Waals surface area contributed by atoms with E-state index in [1.54, 1.807) is 18.2 Å². The normalized spacial score (nSPS) is 17.5. The van der Waals surface area contributed by atoms with Crippen LogP contribution in [0.4, 0.5) is 0 Å². The van der Waals surface area contributed by atoms with E-state index in [2.05, 4.69) is 41.5 Å². The summed E-state index contributed by atoms with van der Waals surface area (Å²) in [6, 6.07) is 5.04. The second-order valence-corrected chi connectivity index (χ2v) is 8.92. The maximum Gasteiger partial charge on any atom is 0.186 e. The molecule has 3 rings (SSSR count). The zero-order chi connectivity index (χ0) is 19.3. The Bertz CT molecular complexity index is 858. The quantitative estimate of drug-likeness (QED) is 0.664. The van der Waals surface area contributed by atoms with E-state index < -0.39 is 0 Å². The molecule has 0 aromatic heterocycles. The maximum absolute atomic E-state index is 13.0. The number of hydrogen-bond donors (Lipinski definition) is 1. The van der Waals surface area contributed by atoms with Crippen LogP contribution >= 0.6 is 0 Å². The molecule has 0 bridgehead atoms. The topological polar surface area (TPSA) is 46.5 Å². The fourth-order valence-corrected chi connectivity index (χ4v) is 3.12. The average molecular weight is 350 g/mol. The van der Waals surface area contributed by atoms with Crippen molar-refractivity contribution in [1.29, 1.82) is 0 Å². The fraction of sp³-hybridized carbons (Fsp3) is 0.348. The van der Waals surface area contributed by atoms with Crippen molar-refractivity contribution in [3.05, 3.63) is 64.5 Å². The Kier molecular flexibility index (Phi) is 4.22. The summed E-state index contributed by atoms with van der Waals surface area (Å²) in [4.78, 5) is 13.0. The average Bonchev–Trinajstić information content (AvgIpc) is 2.52. The summed E-state index contributed by atoms with van der Waals surface area (Å²) in [5, 5.41) is 9.62. The summed E-state index contributed by atoms with van der Waals surface area (Å²) in [7, 11) is 0. The molecule has 1 aliphatic carbocycles. The first kappa shape index (κ1) is 18.2. The molecule has 1 heterocycles. The Balaban J connectivity index is 2.15. The Labute approximate surface area is 155 Å². The smallest absolute Gasteiger partial charge is 0.186 e. The van der Waals surface area contributed by atoms with Crippen LogP contribution in [-0.2, 0) is 4.79 Å². The SMILES string of the molecule is CC(C)(C)C1=CC(=C2C=Cc3cc(O)ccc3O2)C=C(C(C)(C)C)C1=O. The molecular formula is C23H26O3. The van der Waals surface area contributed by atoms with Crippen LogP contribution in [-0.4, -0.2) is 10.9 Å². The highest BCUT2D eigenvalue weighted by Crippen LogP contribution is 2.40. The van der Waals surface area contributed by atoms with E-state index in [0.717, 1.165) is 22.3 Å². The third kappa shape index (κ3) is 3.39. The molecule has 3 nitrogen and oxygen atoms in total. The predicted octanol–water partition coefficient (Wildman–Crippen LogP) is 5.58. The minimum absolute atomic E-state index is 0.111. The second kappa shape index (κ2) is 6.01. The molecule has 1 N–H and O–H groups in total. The zero-order valence-corrected chi connectivity index (χ0v) is 16.3. The molecule has 0 radical (unpaired) electrons. The van der Waals surface area contributed by atoms with Gasteiger partial charge in [-0.25, -0.2) is 0 Å². The summed E-state index contributed by atoms with van der Waals surface area (Å²) in [5.41, 5.74) is 2.81. The molecule has 0 saturated heterocycles. The molecule has 0 fully saturated rings. The van der Waals surface area contributed by atoms with Crippen molar-refractivity contribution >= 4 is 11.9 Å². The van der Waals surface area contributed by atoms with Crippen molar-refractivity contribution in [3.8, 4) is 11.5 Å². The number of phenols is 1. The van der Waals surface area contributed by atoms with Gasteiger partial charge in [0.1, 0.15) is 17.3 Å². The molecule has 0 spiro atoms. The van der Waals surface area contributed by atoms with Crippen LogP contribution in [0.2, 0.25) is 0 Å². The summed E-state index contributed by atoms with van der Waals surface area (Å²) in [6.45, 7) is 12.3. The number of allylic oxidation sites excluding steroid dienone is 6. The van der Waals surface area contributed by atoms with Gasteiger partial charge in [0, 0.05) is 22.3 Å². The van der Waals surface area contributed by atoms with E-state index in [1.807, 2.05) is 24.3 Å². The monoisotopic (exact) mass is 350 g/mol. The van der Waals surface area contributed by atoms with Crippen molar-refractivity contribution in [3.63, 3.8) is 0 Å². The van der Waals surface area contributed by atoms with Gasteiger partial charge in [-0.05, 0) is 53.3 Å². The molecular weight excluding hydrogens is 324 g/mol. The lowest BCUT2D eigenvalue weighted by Gasteiger charge is -2.32. The fourth-order valence-electron chi connectivity index (χ4n) is 3.12. The van der Waals surface area contributed by atoms with Crippen molar-refractivity contribution in [2.75, 3.05) is 0 Å². The highest BCUT2D eigenvalue weighted by atomic mass is 16.5. The van der Waals surface area contributed by atoms with Crippen LogP contribution < -0.4 is 4.74 Å². The second-order valence-electron chi connectivity index (χ2n) is 8.92. The van der Waals surface area contributed by atoms with Crippen molar-refractivity contribution in [2.24, 2.45) is 10.8 Å². The van der Waals surface area contributed by atoms with Gasteiger partial charge in [0.25, 0.3) is 0 Å². The Morgan fingerprint density at radius 2 is 1.46 bits per heavy atom. The lowest BCUT2D eigenvalue weighted by atomic mass is 9.72. The number of Topliss-reactive ketones (excluding diaryl/α,β-unsaturated/α-hetero) is 1. The highest BCUT2D eigenvalue weighted by molar-refractivity contribution is 6.11. The number of ether oxygens (including phenoxy) is 1. The summed E-state index contributed by atoms with van der Waals surface area (Å²) in [5.74, 6) is 1.72. The van der Waals surface area contributed by atoms with Crippen molar-refractivity contribution in [2.45, 2.75) is 41.5 Å². The van der Waals surface area contributed by atoms with Gasteiger partial charge in [-0.3, -0.25) is 4.79 Å². The van der Waals surface area contributed by atoms with Crippen LogP contribution in [0.1, 0.15) is 47.1 Å². The molecule has 1 aromatic carbocycles. The van der Waals surface area contributed by atoms with Crippen LogP contribution in [0, 0.1) is 10.8 Å². The Morgan fingerprint density at radius 3 is 2.00 bits per heavy atom.